The first kappa shape index (κ1) is 14.9. The summed E-state index contributed by atoms with van der Waals surface area (Å²) in [5.41, 5.74) is 4.96. The zero-order valence-corrected chi connectivity index (χ0v) is 11.4. The van der Waals surface area contributed by atoms with Gasteiger partial charge in [-0.3, -0.25) is 15.0 Å². The van der Waals surface area contributed by atoms with E-state index in [0.717, 1.165) is 19.5 Å². The molecule has 3 unspecified atom stereocenters. The normalized spacial score (nSPS) is 24.3. The number of carbonyl (C=O) groups is 2. The van der Waals surface area contributed by atoms with Crippen LogP contribution in [0.5, 0.6) is 0 Å². The Morgan fingerprint density at radius 3 is 2.61 bits per heavy atom. The molecule has 18 heavy (non-hydrogen) atoms. The largest absolute Gasteiger partial charge is 0.351 e. The molecule has 1 aliphatic rings. The first-order chi connectivity index (χ1) is 8.45. The zero-order chi connectivity index (χ0) is 13.7. The number of imide groups is 1. The van der Waals surface area contributed by atoms with Crippen molar-refractivity contribution in [3.05, 3.63) is 0 Å². The fourth-order valence-corrected chi connectivity index (χ4v) is 2.43. The summed E-state index contributed by atoms with van der Waals surface area (Å²) in [6.45, 7) is 5.72. The molecule has 0 aromatic carbocycles. The predicted molar refractivity (Wildman–Crippen MR) is 70.0 cm³/mol. The number of amides is 3. The molecule has 0 radical (unpaired) electrons. The van der Waals surface area contributed by atoms with Crippen molar-refractivity contribution in [1.82, 2.24) is 15.5 Å². The molecule has 104 valence electrons. The van der Waals surface area contributed by atoms with E-state index in [2.05, 4.69) is 22.5 Å². The Balaban J connectivity index is 2.55. The second-order valence-corrected chi connectivity index (χ2v) is 5.00. The Morgan fingerprint density at radius 2 is 2.06 bits per heavy atom. The predicted octanol–water partition coefficient (Wildman–Crippen LogP) is -0.110. The molecule has 1 rings (SSSR count). The van der Waals surface area contributed by atoms with Gasteiger partial charge in [0, 0.05) is 12.6 Å². The Morgan fingerprint density at radius 1 is 1.39 bits per heavy atom. The van der Waals surface area contributed by atoms with Crippen LogP contribution < -0.4 is 16.4 Å². The van der Waals surface area contributed by atoms with E-state index in [0.29, 0.717) is 12.0 Å². The molecule has 1 heterocycles. The fraction of sp³-hybridized carbons (Fsp3) is 0.833. The second-order valence-electron chi connectivity index (χ2n) is 5.00. The first-order valence-electron chi connectivity index (χ1n) is 6.47. The van der Waals surface area contributed by atoms with Crippen LogP contribution in [0.1, 0.15) is 26.7 Å². The van der Waals surface area contributed by atoms with Crippen molar-refractivity contribution in [2.45, 2.75) is 38.8 Å². The maximum absolute atomic E-state index is 11.7. The monoisotopic (exact) mass is 256 g/mol. The SMILES string of the molecule is CNC(C)C1CCCN(C(C)C(=O)NC(N)=O)C1. The molecule has 3 amide bonds. The van der Waals surface area contributed by atoms with Crippen molar-refractivity contribution in [3.63, 3.8) is 0 Å². The van der Waals surface area contributed by atoms with Gasteiger partial charge in [0.15, 0.2) is 0 Å². The van der Waals surface area contributed by atoms with Crippen LogP contribution >= 0.6 is 0 Å². The van der Waals surface area contributed by atoms with Crippen LogP contribution in [-0.2, 0) is 4.79 Å². The van der Waals surface area contributed by atoms with Crippen molar-refractivity contribution < 1.29 is 9.59 Å². The maximum atomic E-state index is 11.7. The minimum atomic E-state index is -0.788. The summed E-state index contributed by atoms with van der Waals surface area (Å²) >= 11 is 0. The van der Waals surface area contributed by atoms with Crippen molar-refractivity contribution in [1.29, 1.82) is 0 Å². The van der Waals surface area contributed by atoms with Gasteiger partial charge in [-0.1, -0.05) is 0 Å². The standard InChI is InChI=1S/C12H24N4O2/c1-8(14-3)10-5-4-6-16(7-10)9(2)11(17)15-12(13)18/h8-10,14H,4-7H2,1-3H3,(H3,13,15,17,18). The quantitative estimate of drug-likeness (QED) is 0.655. The molecule has 6 heteroatoms. The molecular formula is C12H24N4O2. The van der Waals surface area contributed by atoms with Crippen LogP contribution in [0.4, 0.5) is 4.79 Å². The minimum Gasteiger partial charge on any atom is -0.351 e. The van der Waals surface area contributed by atoms with Gasteiger partial charge in [0.05, 0.1) is 6.04 Å². The lowest BCUT2D eigenvalue weighted by Gasteiger charge is -2.38. The first-order valence-corrected chi connectivity index (χ1v) is 6.47. The van der Waals surface area contributed by atoms with Gasteiger partial charge in [0.2, 0.25) is 5.91 Å². The Labute approximate surface area is 108 Å². The summed E-state index contributed by atoms with van der Waals surface area (Å²) in [5, 5.41) is 5.39. The number of hydrogen-bond donors (Lipinski definition) is 3. The number of primary amides is 1. The number of rotatable bonds is 4. The van der Waals surface area contributed by atoms with Gasteiger partial charge in [-0.05, 0) is 46.2 Å². The molecule has 3 atom stereocenters. The number of nitrogens with one attached hydrogen (secondary N) is 2. The number of piperidine rings is 1. The lowest BCUT2D eigenvalue weighted by Crippen LogP contribution is -2.53. The fourth-order valence-electron chi connectivity index (χ4n) is 2.43. The maximum Gasteiger partial charge on any atom is 0.318 e. The summed E-state index contributed by atoms with van der Waals surface area (Å²) in [6.07, 6.45) is 2.24. The third-order valence-electron chi connectivity index (χ3n) is 3.83. The number of hydrogen-bond acceptors (Lipinski definition) is 4. The summed E-state index contributed by atoms with van der Waals surface area (Å²) in [7, 11) is 1.95. The molecule has 1 fully saturated rings. The molecule has 0 aromatic rings. The summed E-state index contributed by atoms with van der Waals surface area (Å²) in [4.78, 5) is 24.5. The highest BCUT2D eigenvalue weighted by Crippen LogP contribution is 2.21. The van der Waals surface area contributed by atoms with Gasteiger partial charge >= 0.3 is 6.03 Å². The van der Waals surface area contributed by atoms with Gasteiger partial charge in [-0.25, -0.2) is 4.79 Å². The van der Waals surface area contributed by atoms with Crippen molar-refractivity contribution in [2.24, 2.45) is 11.7 Å². The third kappa shape index (κ3) is 3.96. The van der Waals surface area contributed by atoms with E-state index in [1.165, 1.54) is 6.42 Å². The van der Waals surface area contributed by atoms with E-state index in [-0.39, 0.29) is 11.9 Å². The second kappa shape index (κ2) is 6.70. The van der Waals surface area contributed by atoms with E-state index in [4.69, 9.17) is 5.73 Å². The third-order valence-corrected chi connectivity index (χ3v) is 3.83. The molecule has 6 nitrogen and oxygen atoms in total. The Hall–Kier alpha value is -1.14. The highest BCUT2D eigenvalue weighted by Gasteiger charge is 2.29. The zero-order valence-electron chi connectivity index (χ0n) is 11.4. The molecule has 1 aliphatic heterocycles. The Bertz CT molecular complexity index is 308. The number of carbonyl (C=O) groups excluding carboxylic acids is 2. The van der Waals surface area contributed by atoms with Crippen molar-refractivity contribution >= 4 is 11.9 Å². The number of nitrogens with two attached hydrogens (primary N) is 1. The average molecular weight is 256 g/mol. The molecule has 0 bridgehead atoms. The van der Waals surface area contributed by atoms with E-state index < -0.39 is 6.03 Å². The summed E-state index contributed by atoms with van der Waals surface area (Å²) in [6, 6.07) is -0.674. The van der Waals surface area contributed by atoms with Crippen LogP contribution in [0.2, 0.25) is 0 Å². The number of urea groups is 1. The lowest BCUT2D eigenvalue weighted by atomic mass is 9.91. The summed E-state index contributed by atoms with van der Waals surface area (Å²) < 4.78 is 0. The lowest BCUT2D eigenvalue weighted by molar-refractivity contribution is -0.125. The molecule has 0 aliphatic carbocycles. The molecule has 0 saturated carbocycles. The van der Waals surface area contributed by atoms with Crippen LogP contribution in [0.15, 0.2) is 0 Å². The molecule has 0 aromatic heterocycles. The molecule has 4 N–H and O–H groups in total. The van der Waals surface area contributed by atoms with Gasteiger partial charge in [0.25, 0.3) is 0 Å². The van der Waals surface area contributed by atoms with Gasteiger partial charge in [-0.15, -0.1) is 0 Å². The highest BCUT2D eigenvalue weighted by molar-refractivity contribution is 5.96. The van der Waals surface area contributed by atoms with Gasteiger partial charge in [-0.2, -0.15) is 0 Å². The van der Waals surface area contributed by atoms with Crippen LogP contribution in [0.3, 0.4) is 0 Å². The average Bonchev–Trinajstić information content (AvgIpc) is 2.36. The van der Waals surface area contributed by atoms with Crippen molar-refractivity contribution in [2.75, 3.05) is 20.1 Å². The van der Waals surface area contributed by atoms with E-state index in [1.807, 2.05) is 14.0 Å². The highest BCUT2D eigenvalue weighted by atomic mass is 16.2. The van der Waals surface area contributed by atoms with Crippen LogP contribution in [-0.4, -0.2) is 49.1 Å². The smallest absolute Gasteiger partial charge is 0.318 e. The number of nitrogens with zero attached hydrogens (tertiary/aromatic N) is 1. The topological polar surface area (TPSA) is 87.5 Å². The number of likely N-dealkylation sites (tertiary alicyclic amines) is 1. The van der Waals surface area contributed by atoms with E-state index >= 15 is 0 Å². The van der Waals surface area contributed by atoms with E-state index in [9.17, 15) is 9.59 Å². The summed E-state index contributed by atoms with van der Waals surface area (Å²) in [5.74, 6) is 0.216. The van der Waals surface area contributed by atoms with Crippen LogP contribution in [0.25, 0.3) is 0 Å². The van der Waals surface area contributed by atoms with Gasteiger partial charge in [0.1, 0.15) is 0 Å². The van der Waals surface area contributed by atoms with Crippen molar-refractivity contribution in [3.8, 4) is 0 Å². The molecule has 1 saturated heterocycles. The Kier molecular flexibility index (Phi) is 5.55. The van der Waals surface area contributed by atoms with E-state index in [1.54, 1.807) is 0 Å². The molecular weight excluding hydrogens is 232 g/mol. The minimum absolute atomic E-state index is 0.315. The van der Waals surface area contributed by atoms with Gasteiger partial charge < -0.3 is 11.1 Å². The molecule has 0 spiro atoms. The van der Waals surface area contributed by atoms with Crippen LogP contribution in [0, 0.1) is 5.92 Å².